The van der Waals surface area contributed by atoms with Gasteiger partial charge in [-0.2, -0.15) is 0 Å². The van der Waals surface area contributed by atoms with Crippen LogP contribution in [0.15, 0.2) is 60.7 Å². The van der Waals surface area contributed by atoms with Crippen LogP contribution in [0.5, 0.6) is 0 Å². The smallest absolute Gasteiger partial charge is 0.0364 e. The summed E-state index contributed by atoms with van der Waals surface area (Å²) >= 11 is 0. The van der Waals surface area contributed by atoms with Crippen LogP contribution >= 0.6 is 0 Å². The van der Waals surface area contributed by atoms with E-state index in [0.717, 1.165) is 32.0 Å². The number of hydrogen-bond acceptors (Lipinski definition) is 2. The first-order chi connectivity index (χ1) is 11.3. The maximum absolute atomic E-state index is 6.33. The van der Waals surface area contributed by atoms with Crippen molar-refractivity contribution >= 4 is 0 Å². The van der Waals surface area contributed by atoms with Crippen LogP contribution in [0.1, 0.15) is 37.3 Å². The van der Waals surface area contributed by atoms with Gasteiger partial charge in [-0.25, -0.2) is 0 Å². The van der Waals surface area contributed by atoms with Gasteiger partial charge in [0.1, 0.15) is 0 Å². The first-order valence-electron chi connectivity index (χ1n) is 8.81. The van der Waals surface area contributed by atoms with E-state index in [-0.39, 0.29) is 5.54 Å². The second-order valence-corrected chi connectivity index (χ2v) is 6.76. The van der Waals surface area contributed by atoms with Crippen molar-refractivity contribution in [1.29, 1.82) is 0 Å². The van der Waals surface area contributed by atoms with E-state index in [9.17, 15) is 0 Å². The van der Waals surface area contributed by atoms with E-state index >= 15 is 0 Å². The first kappa shape index (κ1) is 16.2. The summed E-state index contributed by atoms with van der Waals surface area (Å²) in [6.07, 6.45) is 3.77. The maximum Gasteiger partial charge on any atom is 0.0364 e. The second-order valence-electron chi connectivity index (χ2n) is 6.76. The lowest BCUT2D eigenvalue weighted by Crippen LogP contribution is -2.54. The quantitative estimate of drug-likeness (QED) is 0.791. The highest BCUT2D eigenvalue weighted by molar-refractivity contribution is 5.19. The van der Waals surface area contributed by atoms with Gasteiger partial charge in [0.2, 0.25) is 0 Å². The highest BCUT2D eigenvalue weighted by Gasteiger charge is 2.46. The average molecular weight is 308 g/mol. The minimum absolute atomic E-state index is 0.131. The van der Waals surface area contributed by atoms with Crippen molar-refractivity contribution in [2.75, 3.05) is 6.54 Å². The van der Waals surface area contributed by atoms with Gasteiger partial charge in [-0.15, -0.1) is 0 Å². The van der Waals surface area contributed by atoms with Crippen LogP contribution in [-0.2, 0) is 13.1 Å². The second kappa shape index (κ2) is 7.29. The molecule has 0 radical (unpaired) electrons. The highest BCUT2D eigenvalue weighted by Crippen LogP contribution is 2.45. The molecule has 1 unspecified atom stereocenters. The molecule has 1 aliphatic rings. The van der Waals surface area contributed by atoms with Gasteiger partial charge in [-0.1, -0.05) is 67.6 Å². The van der Waals surface area contributed by atoms with Crippen LogP contribution in [0.4, 0.5) is 0 Å². The summed E-state index contributed by atoms with van der Waals surface area (Å²) in [6.45, 7) is 4.98. The van der Waals surface area contributed by atoms with Gasteiger partial charge in [0.05, 0.1) is 0 Å². The average Bonchev–Trinajstić information content (AvgIpc) is 3.44. The summed E-state index contributed by atoms with van der Waals surface area (Å²) in [7, 11) is 0. The predicted molar refractivity (Wildman–Crippen MR) is 96.9 cm³/mol. The van der Waals surface area contributed by atoms with Gasteiger partial charge >= 0.3 is 0 Å². The summed E-state index contributed by atoms with van der Waals surface area (Å²) < 4.78 is 0. The summed E-state index contributed by atoms with van der Waals surface area (Å²) in [5.41, 5.74) is 9.20. The van der Waals surface area contributed by atoms with Crippen LogP contribution < -0.4 is 5.73 Å². The number of hydrogen-bond donors (Lipinski definition) is 1. The Hall–Kier alpha value is -1.64. The Labute approximate surface area is 140 Å². The molecule has 0 amide bonds. The Bertz CT molecular complexity index is 544. The van der Waals surface area contributed by atoms with E-state index in [2.05, 4.69) is 72.5 Å². The van der Waals surface area contributed by atoms with E-state index in [1.54, 1.807) is 0 Å². The van der Waals surface area contributed by atoms with Gasteiger partial charge in [-0.05, 0) is 36.3 Å². The lowest BCUT2D eigenvalue weighted by Gasteiger charge is -2.44. The van der Waals surface area contributed by atoms with Crippen molar-refractivity contribution in [2.45, 2.75) is 44.8 Å². The number of nitrogens with two attached hydrogens (primary N) is 1. The lowest BCUT2D eigenvalue weighted by atomic mass is 9.87. The zero-order chi connectivity index (χ0) is 16.1. The third-order valence-corrected chi connectivity index (χ3v) is 5.37. The summed E-state index contributed by atoms with van der Waals surface area (Å²) in [5.74, 6) is 0.755. The van der Waals surface area contributed by atoms with Crippen molar-refractivity contribution in [1.82, 2.24) is 4.90 Å². The van der Waals surface area contributed by atoms with E-state index in [1.165, 1.54) is 24.0 Å². The Morgan fingerprint density at radius 2 is 1.39 bits per heavy atom. The Balaban J connectivity index is 1.88. The molecule has 2 N–H and O–H groups in total. The Morgan fingerprint density at radius 1 is 0.913 bits per heavy atom. The lowest BCUT2D eigenvalue weighted by molar-refractivity contribution is 0.0520. The molecule has 0 aromatic heterocycles. The van der Waals surface area contributed by atoms with Crippen molar-refractivity contribution in [3.05, 3.63) is 71.8 Å². The monoisotopic (exact) mass is 308 g/mol. The third kappa shape index (κ3) is 3.65. The molecule has 2 aromatic rings. The SMILES string of the molecule is CCC(CN)(C1CC1)N(Cc1ccccc1)Cc1ccccc1. The van der Waals surface area contributed by atoms with E-state index in [0.29, 0.717) is 0 Å². The molecule has 23 heavy (non-hydrogen) atoms. The summed E-state index contributed by atoms with van der Waals surface area (Å²) in [5, 5.41) is 0. The molecule has 0 aliphatic heterocycles. The normalized spacial score (nSPS) is 17.2. The molecule has 0 heterocycles. The van der Waals surface area contributed by atoms with Crippen molar-refractivity contribution in [2.24, 2.45) is 11.7 Å². The number of nitrogens with zero attached hydrogens (tertiary/aromatic N) is 1. The fourth-order valence-corrected chi connectivity index (χ4v) is 3.81. The van der Waals surface area contributed by atoms with Crippen molar-refractivity contribution < 1.29 is 0 Å². The standard InChI is InChI=1S/C21H28N2/c1-2-21(17-22,20-13-14-20)23(15-18-9-5-3-6-10-18)16-19-11-7-4-8-12-19/h3-12,20H,2,13-17,22H2,1H3. The molecule has 1 saturated carbocycles. The molecule has 122 valence electrons. The third-order valence-electron chi connectivity index (χ3n) is 5.37. The largest absolute Gasteiger partial charge is 0.329 e. The van der Waals surface area contributed by atoms with Gasteiger partial charge in [0.15, 0.2) is 0 Å². The molecule has 0 bridgehead atoms. The molecule has 0 saturated heterocycles. The fraction of sp³-hybridized carbons (Fsp3) is 0.429. The molecule has 1 atom stereocenters. The number of rotatable bonds is 8. The van der Waals surface area contributed by atoms with Gasteiger partial charge in [0.25, 0.3) is 0 Å². The van der Waals surface area contributed by atoms with Crippen LogP contribution in [0.2, 0.25) is 0 Å². The van der Waals surface area contributed by atoms with Crippen molar-refractivity contribution in [3.63, 3.8) is 0 Å². The molecule has 2 heteroatoms. The van der Waals surface area contributed by atoms with Gasteiger partial charge < -0.3 is 5.73 Å². The minimum Gasteiger partial charge on any atom is -0.329 e. The first-order valence-corrected chi connectivity index (χ1v) is 8.81. The topological polar surface area (TPSA) is 29.3 Å². The van der Waals surface area contributed by atoms with Gasteiger partial charge in [0, 0.05) is 25.2 Å². The zero-order valence-corrected chi connectivity index (χ0v) is 14.1. The molecule has 2 nitrogen and oxygen atoms in total. The van der Waals surface area contributed by atoms with Crippen LogP contribution in [0.25, 0.3) is 0 Å². The highest BCUT2D eigenvalue weighted by atomic mass is 15.2. The molecular formula is C21H28N2. The maximum atomic E-state index is 6.33. The van der Waals surface area contributed by atoms with Crippen LogP contribution in [0, 0.1) is 5.92 Å². The fourth-order valence-electron chi connectivity index (χ4n) is 3.81. The summed E-state index contributed by atoms with van der Waals surface area (Å²) in [6, 6.07) is 21.6. The van der Waals surface area contributed by atoms with Crippen LogP contribution in [0.3, 0.4) is 0 Å². The predicted octanol–water partition coefficient (Wildman–Crippen LogP) is 4.21. The van der Waals surface area contributed by atoms with E-state index in [4.69, 9.17) is 5.73 Å². The zero-order valence-electron chi connectivity index (χ0n) is 14.1. The van der Waals surface area contributed by atoms with E-state index in [1.807, 2.05) is 0 Å². The molecular weight excluding hydrogens is 280 g/mol. The van der Waals surface area contributed by atoms with Gasteiger partial charge in [-0.3, -0.25) is 4.90 Å². The molecule has 0 spiro atoms. The number of benzene rings is 2. The van der Waals surface area contributed by atoms with Crippen molar-refractivity contribution in [3.8, 4) is 0 Å². The molecule has 2 aromatic carbocycles. The Kier molecular flexibility index (Phi) is 5.14. The molecule has 1 aliphatic carbocycles. The summed E-state index contributed by atoms with van der Waals surface area (Å²) in [4.78, 5) is 2.63. The minimum atomic E-state index is 0.131. The molecule has 1 fully saturated rings. The Morgan fingerprint density at radius 3 is 1.74 bits per heavy atom. The van der Waals surface area contributed by atoms with E-state index < -0.39 is 0 Å². The molecule has 3 rings (SSSR count). The van der Waals surface area contributed by atoms with Crippen LogP contribution in [-0.4, -0.2) is 17.0 Å².